The molecule has 0 unspecified atom stereocenters. The maximum Gasteiger partial charge on any atom is 0.438 e. The number of hydrogen-bond acceptors (Lipinski definition) is 4. The monoisotopic (exact) mass is 310 g/mol. The Kier molecular flexibility index (Phi) is 3.51. The van der Waals surface area contributed by atoms with Gasteiger partial charge in [0.15, 0.2) is 5.69 Å². The number of hydrazone groups is 1. The van der Waals surface area contributed by atoms with Crippen molar-refractivity contribution in [3.05, 3.63) is 16.9 Å². The first-order valence-electron chi connectivity index (χ1n) is 5.59. The van der Waals surface area contributed by atoms with Crippen molar-refractivity contribution in [3.63, 3.8) is 0 Å². The topological polar surface area (TPSA) is 70.7 Å². The van der Waals surface area contributed by atoms with Crippen molar-refractivity contribution in [2.45, 2.75) is 31.8 Å². The summed E-state index contributed by atoms with van der Waals surface area (Å²) < 4.78 is 39.9. The summed E-state index contributed by atoms with van der Waals surface area (Å²) in [5.74, 6) is -1.21. The van der Waals surface area contributed by atoms with Crippen LogP contribution in [0.25, 0.3) is 0 Å². The van der Waals surface area contributed by atoms with Crippen molar-refractivity contribution in [2.75, 3.05) is 0 Å². The van der Waals surface area contributed by atoms with Crippen LogP contribution in [0.5, 0.6) is 0 Å². The Hall–Kier alpha value is -1.61. The predicted molar refractivity (Wildman–Crippen MR) is 63.2 cm³/mol. The molecule has 110 valence electrons. The summed E-state index contributed by atoms with van der Waals surface area (Å²) in [6.45, 7) is 2.11. The Bertz CT molecular complexity index is 571. The Balaban J connectivity index is 2.37. The highest BCUT2D eigenvalue weighted by atomic mass is 35.5. The largest absolute Gasteiger partial charge is 0.438 e. The molecule has 0 saturated carbocycles. The third kappa shape index (κ3) is 2.16. The number of aromatic nitrogens is 2. The second-order valence-electron chi connectivity index (χ2n) is 4.11. The van der Waals surface area contributed by atoms with Crippen LogP contribution in [0.2, 0.25) is 5.02 Å². The highest BCUT2D eigenvalue weighted by Crippen LogP contribution is 2.39. The maximum absolute atomic E-state index is 12.9. The number of aliphatic hydroxyl groups is 1. The molecule has 2 heterocycles. The molecule has 1 aliphatic rings. The number of carbonyl (C=O) groups is 1. The molecule has 20 heavy (non-hydrogen) atoms. The minimum Gasteiger partial charge on any atom is -0.362 e. The highest BCUT2D eigenvalue weighted by Gasteiger charge is 2.62. The molecule has 0 radical (unpaired) electrons. The summed E-state index contributed by atoms with van der Waals surface area (Å²) in [6.07, 6.45) is -3.76. The number of nitrogens with zero attached hydrogens (tertiary/aromatic N) is 4. The van der Waals surface area contributed by atoms with E-state index in [1.165, 1.54) is 10.9 Å². The average Bonchev–Trinajstić information content (AvgIpc) is 2.92. The quantitative estimate of drug-likeness (QED) is 0.902. The van der Waals surface area contributed by atoms with E-state index in [0.717, 1.165) is 6.21 Å². The van der Waals surface area contributed by atoms with E-state index in [2.05, 4.69) is 10.2 Å². The molecule has 0 fully saturated rings. The van der Waals surface area contributed by atoms with E-state index in [4.69, 9.17) is 11.6 Å². The lowest BCUT2D eigenvalue weighted by Gasteiger charge is -2.32. The van der Waals surface area contributed by atoms with Crippen molar-refractivity contribution in [1.82, 2.24) is 14.8 Å². The van der Waals surface area contributed by atoms with Crippen molar-refractivity contribution in [1.29, 1.82) is 0 Å². The van der Waals surface area contributed by atoms with Crippen LogP contribution in [-0.4, -0.2) is 43.9 Å². The summed E-state index contributed by atoms with van der Waals surface area (Å²) >= 11 is 5.76. The lowest BCUT2D eigenvalue weighted by molar-refractivity contribution is -0.297. The standard InChI is InChI=1S/C10H10ClF3N4O2/c1-2-17-5-6(11)7(16-17)8(19)18-9(20,3-4-15-18)10(12,13)14/h4-5,20H,2-3H2,1H3/t9-/m0/s1. The molecule has 0 saturated heterocycles. The first-order valence-corrected chi connectivity index (χ1v) is 5.97. The second-order valence-corrected chi connectivity index (χ2v) is 4.52. The number of rotatable bonds is 2. The highest BCUT2D eigenvalue weighted by molar-refractivity contribution is 6.33. The van der Waals surface area contributed by atoms with Crippen LogP contribution in [0, 0.1) is 0 Å². The molecule has 0 spiro atoms. The van der Waals surface area contributed by atoms with Gasteiger partial charge in [-0.2, -0.15) is 28.4 Å². The number of alkyl halides is 3. The molecule has 1 atom stereocenters. The van der Waals surface area contributed by atoms with Crippen LogP contribution in [0.1, 0.15) is 23.8 Å². The van der Waals surface area contributed by atoms with Gasteiger partial charge >= 0.3 is 6.18 Å². The zero-order valence-electron chi connectivity index (χ0n) is 10.2. The molecule has 2 rings (SSSR count). The summed E-state index contributed by atoms with van der Waals surface area (Å²) in [6, 6.07) is 0. The van der Waals surface area contributed by atoms with E-state index >= 15 is 0 Å². The zero-order chi connectivity index (χ0) is 15.1. The SMILES string of the molecule is CCn1cc(Cl)c(C(=O)N2N=CC[C@]2(O)C(F)(F)F)n1. The van der Waals surface area contributed by atoms with Gasteiger partial charge in [0.2, 0.25) is 0 Å². The van der Waals surface area contributed by atoms with Gasteiger partial charge in [0.25, 0.3) is 11.6 Å². The third-order valence-corrected chi connectivity index (χ3v) is 3.09. The first kappa shape index (κ1) is 14.8. The van der Waals surface area contributed by atoms with Gasteiger partial charge < -0.3 is 5.11 Å². The van der Waals surface area contributed by atoms with Gasteiger partial charge in [-0.1, -0.05) is 11.6 Å². The van der Waals surface area contributed by atoms with E-state index in [0.29, 0.717) is 6.54 Å². The molecule has 6 nitrogen and oxygen atoms in total. The predicted octanol–water partition coefficient (Wildman–Crippen LogP) is 1.64. The lowest BCUT2D eigenvalue weighted by Crippen LogP contribution is -2.56. The molecule has 0 aromatic carbocycles. The maximum atomic E-state index is 12.9. The van der Waals surface area contributed by atoms with Gasteiger partial charge in [-0.05, 0) is 6.92 Å². The van der Waals surface area contributed by atoms with Crippen molar-refractivity contribution in [3.8, 4) is 0 Å². The summed E-state index contributed by atoms with van der Waals surface area (Å²) in [4.78, 5) is 12.1. The third-order valence-electron chi connectivity index (χ3n) is 2.81. The van der Waals surface area contributed by atoms with Crippen molar-refractivity contribution in [2.24, 2.45) is 5.10 Å². The van der Waals surface area contributed by atoms with Crippen LogP contribution < -0.4 is 0 Å². The summed E-state index contributed by atoms with van der Waals surface area (Å²) in [5, 5.41) is 16.6. The van der Waals surface area contributed by atoms with Gasteiger partial charge in [0, 0.05) is 25.4 Å². The van der Waals surface area contributed by atoms with E-state index < -0.39 is 29.9 Å². The average molecular weight is 311 g/mol. The van der Waals surface area contributed by atoms with Gasteiger partial charge in [0.05, 0.1) is 5.02 Å². The minimum absolute atomic E-state index is 0.0405. The van der Waals surface area contributed by atoms with Crippen LogP contribution in [-0.2, 0) is 6.54 Å². The van der Waals surface area contributed by atoms with Gasteiger partial charge in [0.1, 0.15) is 0 Å². The molecule has 0 bridgehead atoms. The molecular weight excluding hydrogens is 301 g/mol. The Morgan fingerprint density at radius 3 is 2.75 bits per heavy atom. The Labute approximate surface area is 116 Å². The van der Waals surface area contributed by atoms with Crippen LogP contribution in [0.15, 0.2) is 11.3 Å². The molecule has 10 heteroatoms. The number of carbonyl (C=O) groups excluding carboxylic acids is 1. The van der Waals surface area contributed by atoms with E-state index in [1.54, 1.807) is 6.92 Å². The molecule has 1 aliphatic heterocycles. The Morgan fingerprint density at radius 1 is 1.60 bits per heavy atom. The van der Waals surface area contributed by atoms with Crippen LogP contribution in [0.4, 0.5) is 13.2 Å². The Morgan fingerprint density at radius 2 is 2.25 bits per heavy atom. The van der Waals surface area contributed by atoms with Crippen LogP contribution in [0.3, 0.4) is 0 Å². The van der Waals surface area contributed by atoms with Crippen LogP contribution >= 0.6 is 11.6 Å². The molecule has 1 amide bonds. The molecule has 1 aromatic rings. The number of amides is 1. The lowest BCUT2D eigenvalue weighted by atomic mass is 10.1. The fourth-order valence-electron chi connectivity index (χ4n) is 1.69. The smallest absolute Gasteiger partial charge is 0.362 e. The van der Waals surface area contributed by atoms with Crippen molar-refractivity contribution < 1.29 is 23.1 Å². The zero-order valence-corrected chi connectivity index (χ0v) is 11.0. The second kappa shape index (κ2) is 4.74. The minimum atomic E-state index is -5.04. The summed E-state index contributed by atoms with van der Waals surface area (Å²) in [7, 11) is 0. The molecule has 1 aromatic heterocycles. The first-order chi connectivity index (χ1) is 9.20. The molecule has 1 N–H and O–H groups in total. The van der Waals surface area contributed by atoms with Gasteiger partial charge in [-0.3, -0.25) is 9.48 Å². The van der Waals surface area contributed by atoms with E-state index in [1.807, 2.05) is 0 Å². The summed E-state index contributed by atoms with van der Waals surface area (Å²) in [5.41, 5.74) is -3.76. The van der Waals surface area contributed by atoms with Gasteiger partial charge in [-0.15, -0.1) is 0 Å². The number of aryl methyl sites for hydroxylation is 1. The number of hydrogen-bond donors (Lipinski definition) is 1. The van der Waals surface area contributed by atoms with E-state index in [9.17, 15) is 23.1 Å². The van der Waals surface area contributed by atoms with E-state index in [-0.39, 0.29) is 10.0 Å². The fourth-order valence-corrected chi connectivity index (χ4v) is 1.92. The fraction of sp³-hybridized carbons (Fsp3) is 0.500. The van der Waals surface area contributed by atoms with Gasteiger partial charge in [-0.25, -0.2) is 0 Å². The normalized spacial score (nSPS) is 22.6. The number of halogens is 4. The van der Waals surface area contributed by atoms with Crippen molar-refractivity contribution >= 4 is 23.7 Å². The molecule has 0 aliphatic carbocycles. The molecular formula is C10H10ClF3N4O2.